The molecule has 0 aromatic heterocycles. The van der Waals surface area contributed by atoms with E-state index in [4.69, 9.17) is 0 Å². The van der Waals surface area contributed by atoms with Gasteiger partial charge in [-0.3, -0.25) is 9.59 Å². The molecule has 1 aromatic rings. The minimum absolute atomic E-state index is 0.145. The minimum Gasteiger partial charge on any atom is -0.503 e. The normalized spacial score (nSPS) is 18.5. The smallest absolute Gasteiger partial charge is 0.290 e. The Kier molecular flexibility index (Phi) is 5.01. The summed E-state index contributed by atoms with van der Waals surface area (Å²) in [5.74, 6) is -0.788. The Bertz CT molecular complexity index is 590. The Labute approximate surface area is 131 Å². The van der Waals surface area contributed by atoms with Crippen LogP contribution < -0.4 is 0 Å². The highest BCUT2D eigenvalue weighted by Gasteiger charge is 2.42. The molecule has 4 nitrogen and oxygen atoms in total. The monoisotopic (exact) mass is 301 g/mol. The summed E-state index contributed by atoms with van der Waals surface area (Å²) < 4.78 is 0. The molecule has 0 radical (unpaired) electrons. The van der Waals surface area contributed by atoms with Gasteiger partial charge in [-0.05, 0) is 17.9 Å². The van der Waals surface area contributed by atoms with Crippen LogP contribution in [0.2, 0.25) is 0 Å². The summed E-state index contributed by atoms with van der Waals surface area (Å²) in [6.07, 6.45) is 1.10. The molecule has 0 fully saturated rings. The van der Waals surface area contributed by atoms with Crippen molar-refractivity contribution in [2.45, 2.75) is 39.7 Å². The lowest BCUT2D eigenvalue weighted by atomic mass is 9.92. The molecule has 1 aromatic carbocycles. The molecule has 1 heterocycles. The standard InChI is InChI=1S/C18H23NO3/c1-4-10-19-16(13-8-6-5-7-9-13)15(17(21)18(19)22)14(20)11-12(2)3/h5-9,12,16,21H,4,10-11H2,1-3H3. The van der Waals surface area contributed by atoms with Crippen molar-refractivity contribution in [3.05, 3.63) is 47.2 Å². The Morgan fingerprint density at radius 2 is 1.91 bits per heavy atom. The molecule has 0 aliphatic carbocycles. The predicted molar refractivity (Wildman–Crippen MR) is 85.3 cm³/mol. The molecular formula is C18H23NO3. The fourth-order valence-electron chi connectivity index (χ4n) is 2.87. The first kappa shape index (κ1) is 16.3. The second-order valence-electron chi connectivity index (χ2n) is 6.10. The van der Waals surface area contributed by atoms with E-state index in [-0.39, 0.29) is 23.0 Å². The average molecular weight is 301 g/mol. The van der Waals surface area contributed by atoms with E-state index >= 15 is 0 Å². The van der Waals surface area contributed by atoms with Crippen LogP contribution in [0.25, 0.3) is 0 Å². The van der Waals surface area contributed by atoms with Crippen molar-refractivity contribution in [3.8, 4) is 0 Å². The lowest BCUT2D eigenvalue weighted by Crippen LogP contribution is -2.31. The second-order valence-corrected chi connectivity index (χ2v) is 6.10. The molecule has 1 N–H and O–H groups in total. The zero-order valence-corrected chi connectivity index (χ0v) is 13.4. The number of aliphatic hydroxyl groups excluding tert-OH is 1. The highest BCUT2D eigenvalue weighted by Crippen LogP contribution is 2.38. The van der Waals surface area contributed by atoms with Gasteiger partial charge >= 0.3 is 0 Å². The summed E-state index contributed by atoms with van der Waals surface area (Å²) in [6.45, 7) is 6.39. The molecule has 22 heavy (non-hydrogen) atoms. The number of nitrogens with zero attached hydrogens (tertiary/aromatic N) is 1. The van der Waals surface area contributed by atoms with Crippen LogP contribution in [0.15, 0.2) is 41.7 Å². The molecule has 4 heteroatoms. The van der Waals surface area contributed by atoms with Gasteiger partial charge in [-0.1, -0.05) is 51.1 Å². The number of carbonyl (C=O) groups excluding carboxylic acids is 2. The quantitative estimate of drug-likeness (QED) is 0.876. The van der Waals surface area contributed by atoms with Gasteiger partial charge in [0.25, 0.3) is 5.91 Å². The van der Waals surface area contributed by atoms with Crippen molar-refractivity contribution >= 4 is 11.7 Å². The molecule has 2 rings (SSSR count). The maximum Gasteiger partial charge on any atom is 0.290 e. The topological polar surface area (TPSA) is 57.6 Å². The van der Waals surface area contributed by atoms with Crippen molar-refractivity contribution in [2.24, 2.45) is 5.92 Å². The van der Waals surface area contributed by atoms with Crippen molar-refractivity contribution in [2.75, 3.05) is 6.54 Å². The maximum absolute atomic E-state index is 12.5. The Balaban J connectivity index is 2.46. The highest BCUT2D eigenvalue weighted by molar-refractivity contribution is 6.09. The molecule has 1 aliphatic rings. The molecule has 1 aliphatic heterocycles. The van der Waals surface area contributed by atoms with E-state index in [0.717, 1.165) is 12.0 Å². The van der Waals surface area contributed by atoms with Crippen LogP contribution in [0.3, 0.4) is 0 Å². The van der Waals surface area contributed by atoms with Gasteiger partial charge in [0.1, 0.15) is 0 Å². The third kappa shape index (κ3) is 3.06. The zero-order valence-electron chi connectivity index (χ0n) is 13.4. The van der Waals surface area contributed by atoms with E-state index in [2.05, 4.69) is 0 Å². The van der Waals surface area contributed by atoms with Gasteiger partial charge in [-0.25, -0.2) is 0 Å². The van der Waals surface area contributed by atoms with E-state index in [9.17, 15) is 14.7 Å². The lowest BCUT2D eigenvalue weighted by Gasteiger charge is -2.26. The van der Waals surface area contributed by atoms with Crippen molar-refractivity contribution < 1.29 is 14.7 Å². The molecular weight excluding hydrogens is 278 g/mol. The highest BCUT2D eigenvalue weighted by atomic mass is 16.3. The number of aliphatic hydroxyl groups is 1. The average Bonchev–Trinajstić information content (AvgIpc) is 2.73. The molecule has 0 bridgehead atoms. The van der Waals surface area contributed by atoms with E-state index < -0.39 is 11.9 Å². The van der Waals surface area contributed by atoms with Gasteiger partial charge in [0.05, 0.1) is 11.6 Å². The molecule has 0 spiro atoms. The number of hydrogen-bond acceptors (Lipinski definition) is 3. The first-order valence-corrected chi connectivity index (χ1v) is 7.79. The summed E-state index contributed by atoms with van der Waals surface area (Å²) in [5, 5.41) is 10.2. The van der Waals surface area contributed by atoms with Crippen LogP contribution in [0.5, 0.6) is 0 Å². The predicted octanol–water partition coefficient (Wildman–Crippen LogP) is 3.41. The number of hydrogen-bond donors (Lipinski definition) is 1. The van der Waals surface area contributed by atoms with E-state index in [1.165, 1.54) is 0 Å². The maximum atomic E-state index is 12.5. The summed E-state index contributed by atoms with van der Waals surface area (Å²) in [4.78, 5) is 26.5. The van der Waals surface area contributed by atoms with Gasteiger partial charge in [0, 0.05) is 13.0 Å². The zero-order chi connectivity index (χ0) is 16.3. The molecule has 0 saturated heterocycles. The number of Topliss-reactive ketones (excluding diaryl/α,β-unsaturated/α-hetero) is 1. The van der Waals surface area contributed by atoms with E-state index in [1.54, 1.807) is 4.90 Å². The van der Waals surface area contributed by atoms with Crippen LogP contribution in [0.1, 0.15) is 45.2 Å². The Morgan fingerprint density at radius 1 is 1.27 bits per heavy atom. The largest absolute Gasteiger partial charge is 0.503 e. The van der Waals surface area contributed by atoms with Gasteiger partial charge in [-0.2, -0.15) is 0 Å². The third-order valence-electron chi connectivity index (χ3n) is 3.78. The van der Waals surface area contributed by atoms with Crippen molar-refractivity contribution in [1.29, 1.82) is 0 Å². The molecule has 1 atom stereocenters. The fourth-order valence-corrected chi connectivity index (χ4v) is 2.87. The van der Waals surface area contributed by atoms with Crippen molar-refractivity contribution in [3.63, 3.8) is 0 Å². The number of rotatable bonds is 6. The fraction of sp³-hybridized carbons (Fsp3) is 0.444. The van der Waals surface area contributed by atoms with Gasteiger partial charge in [0.2, 0.25) is 0 Å². The van der Waals surface area contributed by atoms with Crippen LogP contribution in [-0.4, -0.2) is 28.2 Å². The first-order valence-electron chi connectivity index (χ1n) is 7.79. The number of amides is 1. The van der Waals surface area contributed by atoms with Gasteiger partial charge in [-0.15, -0.1) is 0 Å². The molecule has 0 saturated carbocycles. The number of benzene rings is 1. The van der Waals surface area contributed by atoms with Gasteiger partial charge < -0.3 is 10.0 Å². The third-order valence-corrected chi connectivity index (χ3v) is 3.78. The lowest BCUT2D eigenvalue weighted by molar-refractivity contribution is -0.129. The summed E-state index contributed by atoms with van der Waals surface area (Å²) in [6, 6.07) is 8.96. The first-order chi connectivity index (χ1) is 10.5. The summed E-state index contributed by atoms with van der Waals surface area (Å²) >= 11 is 0. The summed E-state index contributed by atoms with van der Waals surface area (Å²) in [7, 11) is 0. The Morgan fingerprint density at radius 3 is 2.45 bits per heavy atom. The number of carbonyl (C=O) groups is 2. The van der Waals surface area contributed by atoms with Crippen LogP contribution in [0, 0.1) is 5.92 Å². The molecule has 1 amide bonds. The molecule has 118 valence electrons. The number of ketones is 1. The Hall–Kier alpha value is -2.10. The minimum atomic E-state index is -0.472. The van der Waals surface area contributed by atoms with Crippen LogP contribution in [0.4, 0.5) is 0 Å². The van der Waals surface area contributed by atoms with Crippen LogP contribution >= 0.6 is 0 Å². The van der Waals surface area contributed by atoms with Crippen molar-refractivity contribution in [1.82, 2.24) is 4.90 Å². The second kappa shape index (κ2) is 6.77. The van der Waals surface area contributed by atoms with Crippen LogP contribution in [-0.2, 0) is 9.59 Å². The summed E-state index contributed by atoms with van der Waals surface area (Å²) in [5.41, 5.74) is 1.11. The van der Waals surface area contributed by atoms with Gasteiger partial charge in [0.15, 0.2) is 11.5 Å². The van der Waals surface area contributed by atoms with E-state index in [1.807, 2.05) is 51.1 Å². The SMILES string of the molecule is CCCN1C(=O)C(O)=C(C(=O)CC(C)C)C1c1ccccc1. The molecule has 1 unspecified atom stereocenters. The van der Waals surface area contributed by atoms with E-state index in [0.29, 0.717) is 13.0 Å².